The number of carbonyl (C=O) groups excluding carboxylic acids is 6. The molecule has 1 saturated heterocycles. The summed E-state index contributed by atoms with van der Waals surface area (Å²) in [5.41, 5.74) is 19.3. The molecule has 778 valence electrons. The number of nitrogen functional groups attached to an aromatic ring is 2. The molecule has 6 aromatic rings. The summed E-state index contributed by atoms with van der Waals surface area (Å²) in [5, 5.41) is 78.1. The predicted octanol–water partition coefficient (Wildman–Crippen LogP) is 12.7. The Morgan fingerprint density at radius 2 is 0.820 bits per heavy atom. The van der Waals surface area contributed by atoms with Crippen LogP contribution in [0.2, 0.25) is 0 Å². The zero-order chi connectivity index (χ0) is 93.5. The van der Waals surface area contributed by atoms with Crippen molar-refractivity contribution in [2.75, 3.05) is 29.9 Å². The Morgan fingerprint density at radius 1 is 0.481 bits per heavy atom. The molecular formula is C70H116Cl8N23O28Pt4-3. The number of halogens is 8. The van der Waals surface area contributed by atoms with E-state index in [1.165, 1.54) is 12.4 Å². The number of carboxylic acids is 8. The van der Waals surface area contributed by atoms with Crippen molar-refractivity contribution in [3.05, 3.63) is 166 Å². The van der Waals surface area contributed by atoms with Crippen LogP contribution in [-0.4, -0.2) is 206 Å². The van der Waals surface area contributed by atoms with E-state index < -0.39 is 161 Å². The van der Waals surface area contributed by atoms with Gasteiger partial charge in [0.25, 0.3) is 22.9 Å². The number of anilines is 3. The minimum atomic E-state index is -1.17. The van der Waals surface area contributed by atoms with Crippen molar-refractivity contribution >= 4 is 198 Å². The Hall–Kier alpha value is -8.28. The quantitative estimate of drug-likeness (QED) is 0.00741. The molecule has 0 aliphatic carbocycles. The number of nitrogens with two attached hydrogens (primary N) is 11. The summed E-state index contributed by atoms with van der Waals surface area (Å²) in [6.07, 6.45) is 12.8. The first-order valence-electron chi connectivity index (χ1n) is 35.4. The van der Waals surface area contributed by atoms with E-state index >= 15 is 0 Å². The minimum absolute atomic E-state index is 0. The number of hydrogen-bond acceptors (Lipinski definition) is 27. The SMILES string of the molecule is CCCCCC(=O)O.CCCCCC(=O)O.NCCCC[C@H](NC(=O)c1ccc(NCc2cnc3nc(N)[nH]c(=O)c3n2)cc1)C(=O)O.Nc1nc2ncc(CCc3ccc(C(=O)N[C@@H](CCCCNC(=O)CCC(=O)O)C(=O)O)cc3)nc2c(=O)[nH]1.O.O.O.O=C(O)CCC(=O)O.O=C1CCC(=O)O1.[CH2-]C(=O)CCC(=O)O.[Cl][Pt+2][Cl].[Cl][Pt+2][Cl].[Cl][Pt+2][Cl].[Cl][Pt][Cl].[NH2-].[NH2-].[NH2-].[NH2-].[NH2-].[NH2-].[NH2-].[NH2-]. The van der Waals surface area contributed by atoms with Gasteiger partial charge in [0.1, 0.15) is 12.1 Å². The number of aryl methyl sites for hydroxylation is 2. The number of rotatable bonds is 38. The molecule has 4 aromatic heterocycles. The monoisotopic (exact) mass is 2790 g/mol. The molecule has 0 spiro atoms. The van der Waals surface area contributed by atoms with Crippen molar-refractivity contribution in [1.82, 2.24) is 55.8 Å². The first kappa shape index (κ1) is 159. The number of fused-ring (bicyclic) bond motifs is 2. The molecular weight excluding hydrogens is 2670 g/mol. The number of ether oxygens (including phenoxy) is 1. The van der Waals surface area contributed by atoms with Crippen LogP contribution in [0.4, 0.5) is 17.6 Å². The third-order valence-electron chi connectivity index (χ3n) is 14.4. The van der Waals surface area contributed by atoms with Crippen LogP contribution in [0.1, 0.15) is 193 Å². The molecule has 0 unspecified atom stereocenters. The maximum atomic E-state index is 12.6. The van der Waals surface area contributed by atoms with E-state index in [-0.39, 0.29) is 182 Å². The molecule has 133 heavy (non-hydrogen) atoms. The number of cyclic esters (lactones) is 2. The van der Waals surface area contributed by atoms with Gasteiger partial charge in [0, 0.05) is 49.0 Å². The van der Waals surface area contributed by atoms with E-state index in [0.717, 1.165) is 44.1 Å². The van der Waals surface area contributed by atoms with Crippen LogP contribution in [0.15, 0.2) is 70.5 Å². The van der Waals surface area contributed by atoms with Gasteiger partial charge in [-0.2, -0.15) is 9.97 Å². The van der Waals surface area contributed by atoms with Crippen molar-refractivity contribution in [1.29, 1.82) is 0 Å². The topological polar surface area (TPSA) is 1040 Å². The number of unbranched alkanes of at least 4 members (excludes halogenated alkanes) is 6. The number of aromatic nitrogens is 8. The second-order valence-corrected chi connectivity index (χ2v) is 36.9. The number of esters is 2. The van der Waals surface area contributed by atoms with Crippen molar-refractivity contribution in [3.8, 4) is 0 Å². The van der Waals surface area contributed by atoms with E-state index in [0.29, 0.717) is 92.5 Å². The number of nitrogens with one attached hydrogen (secondary N) is 6. The molecule has 7 rings (SSSR count). The van der Waals surface area contributed by atoms with Gasteiger partial charge in [0.15, 0.2) is 22.3 Å². The van der Waals surface area contributed by atoms with Crippen LogP contribution in [0, 0.1) is 6.92 Å². The average molecular weight is 2790 g/mol. The van der Waals surface area contributed by atoms with E-state index in [4.69, 9.17) is 123 Å². The first-order chi connectivity index (χ1) is 57.7. The Balaban J connectivity index is -0.000000101. The number of aromatic amines is 2. The van der Waals surface area contributed by atoms with Crippen molar-refractivity contribution < 1.29 is 195 Å². The molecule has 2 atom stereocenters. The Labute approximate surface area is 830 Å². The van der Waals surface area contributed by atoms with E-state index in [1.807, 2.05) is 0 Å². The number of Topliss-reactive ketones (excluding diaryl/α,β-unsaturated/α-hetero) is 1. The average Bonchev–Trinajstić information content (AvgIpc) is 1.00. The van der Waals surface area contributed by atoms with Gasteiger partial charge in [0.05, 0.1) is 62.4 Å². The summed E-state index contributed by atoms with van der Waals surface area (Å²) >= 11 is -1.89. The number of carboxylic acid groups (broad SMARTS) is 8. The van der Waals surface area contributed by atoms with Gasteiger partial charge >= 0.3 is 201 Å². The normalized spacial score (nSPS) is 10.1. The largest absolute Gasteiger partial charge is 0.693 e. The molecule has 51 nitrogen and oxygen atoms in total. The Bertz CT molecular complexity index is 4230. The first-order valence-corrected chi connectivity index (χ1v) is 57.9. The standard InChI is InChI=1S/C25H29N7O7.C20H24N8O4.2C6H12O2.C5H7O3.C4H6O4.C4H4O3.8ClH.8H2N.3H2O.4Pt/c26-25-31-21-20(23(37)32-25)29-16(13-28-21)9-6-14-4-7-15(8-5-14)22(36)30-17(24(38)39)3-1-2-12-27-18(33)10-11-19(34)35;21-8-2-1-3-14(19(31)32)26-17(29)11-4-6-12(7-5-11)23-9-13-10-24-16-15(25-13)18(30)28-20(22)27-16;2*1-2-3-4-5-6(7)8;1-4(6)2-3-5(7)8;5-3(6)1-2-4(7)8;5-3-1-2-4(6)7-3;;;;;;;;;;;;;;;;;;;;;;;/h4-5,7-8,13,17H,1-3,6,9-12H2,(H,27,33)(H,30,36)(H,34,35)(H,38,39)(H3,26,28,31,32,37);4-7,10,14,23H,1-3,8-9,21H2,(H,26,29)(H,31,32)(H3,22,24,27,28,30);2*2-5H2,1H3,(H,7,8);1-3H2,(H,7,8);1-2H2,(H,5,6)(H,7,8);1-2H2;8*1H;11*1H2;;;;/q;;;;-1;;;;;;;;;;;8*-1;;;;+2;3*+4/p-8/t17-;14-;;;;;;;;;;;;;;;;;;;;;;;;;;;;/m00............................/s1. The summed E-state index contributed by atoms with van der Waals surface area (Å²) in [6.45, 7) is 8.16. The van der Waals surface area contributed by atoms with Crippen molar-refractivity contribution in [3.63, 3.8) is 0 Å². The summed E-state index contributed by atoms with van der Waals surface area (Å²) in [6, 6.07) is 11.2. The molecule has 0 bridgehead atoms. The number of benzene rings is 2. The van der Waals surface area contributed by atoms with Crippen molar-refractivity contribution in [2.24, 2.45) is 5.73 Å². The molecule has 5 heterocycles. The third-order valence-corrected chi connectivity index (χ3v) is 14.4. The van der Waals surface area contributed by atoms with Crippen LogP contribution in [0.3, 0.4) is 0 Å². The van der Waals surface area contributed by atoms with Crippen LogP contribution in [0.25, 0.3) is 71.5 Å². The van der Waals surface area contributed by atoms with Gasteiger partial charge in [-0.1, -0.05) is 51.7 Å². The molecule has 0 saturated carbocycles. The predicted molar refractivity (Wildman–Crippen MR) is 492 cm³/mol. The summed E-state index contributed by atoms with van der Waals surface area (Å²) in [4.78, 5) is 202. The fraction of sp³-hybridized carbons (Fsp3) is 0.443. The minimum Gasteiger partial charge on any atom is -0.693 e. The Morgan fingerprint density at radius 3 is 1.14 bits per heavy atom. The van der Waals surface area contributed by atoms with Crippen LogP contribution in [-0.2, 0) is 148 Å². The molecule has 1 fully saturated rings. The van der Waals surface area contributed by atoms with Gasteiger partial charge < -0.3 is 161 Å². The maximum Gasteiger partial charge on any atom is -0.693 e. The zero-order valence-electron chi connectivity index (χ0n) is 71.1. The Kier molecular flexibility index (Phi) is 121. The third kappa shape index (κ3) is 90.0. The van der Waals surface area contributed by atoms with E-state index in [2.05, 4.69) is 86.6 Å². The molecule has 1 aliphatic rings. The summed E-state index contributed by atoms with van der Waals surface area (Å²) in [7, 11) is 39.0. The number of H-pyrrole nitrogens is 2. The number of amides is 3. The van der Waals surface area contributed by atoms with E-state index in [9.17, 15) is 86.9 Å². The van der Waals surface area contributed by atoms with E-state index in [1.54, 1.807) is 48.5 Å². The fourth-order valence-corrected chi connectivity index (χ4v) is 8.62. The fourth-order valence-electron chi connectivity index (χ4n) is 8.62. The zero-order valence-corrected chi connectivity index (χ0v) is 86.2. The number of hydrogen-bond donors (Lipinski definition) is 17. The molecule has 3 amide bonds. The number of nitrogens with zero attached hydrogens (tertiary/aromatic N) is 6. The van der Waals surface area contributed by atoms with Crippen LogP contribution < -0.4 is 49.6 Å². The van der Waals surface area contributed by atoms with Crippen LogP contribution in [0.5, 0.6) is 0 Å². The number of aliphatic carboxylic acids is 8. The number of ketones is 1. The maximum absolute atomic E-state index is 12.6. The second-order valence-electron chi connectivity index (χ2n) is 23.8. The smallest absolute Gasteiger partial charge is 0.693 e. The molecule has 42 N–H and O–H groups in total. The molecule has 0 radical (unpaired) electrons. The summed E-state index contributed by atoms with van der Waals surface area (Å²) in [5.74, 6) is -10.3. The van der Waals surface area contributed by atoms with Gasteiger partial charge in [0.2, 0.25) is 17.8 Å². The van der Waals surface area contributed by atoms with Crippen LogP contribution >= 0.6 is 75.3 Å². The molecule has 1 aliphatic heterocycles. The summed E-state index contributed by atoms with van der Waals surface area (Å²) < 4.78 is 4.08. The molecule has 2 aromatic carbocycles. The van der Waals surface area contributed by atoms with Gasteiger partial charge in [-0.3, -0.25) is 72.3 Å². The van der Waals surface area contributed by atoms with Gasteiger partial charge in [-0.15, -0.1) is 0 Å². The van der Waals surface area contributed by atoms with Gasteiger partial charge in [-0.25, -0.2) is 29.5 Å². The van der Waals surface area contributed by atoms with Crippen molar-refractivity contribution in [2.45, 2.75) is 187 Å². The second kappa shape index (κ2) is 101. The van der Waals surface area contributed by atoms with Gasteiger partial charge in [-0.05, 0) is 125 Å². The number of carbonyl (C=O) groups is 14. The molecule has 63 heteroatoms.